The minimum absolute atomic E-state index is 0.313. The van der Waals surface area contributed by atoms with Gasteiger partial charge in [-0.25, -0.2) is 0 Å². The van der Waals surface area contributed by atoms with Crippen LogP contribution in [0.25, 0.3) is 0 Å². The zero-order chi connectivity index (χ0) is 13.2. The van der Waals surface area contributed by atoms with Crippen molar-refractivity contribution < 1.29 is 14.4 Å². The van der Waals surface area contributed by atoms with Gasteiger partial charge in [0.2, 0.25) is 5.89 Å². The molecule has 0 aromatic carbocycles. The number of carbonyl (C=O) groups is 1. The third-order valence-corrected chi connectivity index (χ3v) is 3.15. The summed E-state index contributed by atoms with van der Waals surface area (Å²) in [6.45, 7) is 3.46. The molecule has 18 heavy (non-hydrogen) atoms. The second-order valence-corrected chi connectivity index (χ2v) is 4.78. The van der Waals surface area contributed by atoms with Crippen LogP contribution in [0.15, 0.2) is 4.52 Å². The van der Waals surface area contributed by atoms with Crippen molar-refractivity contribution in [3.8, 4) is 0 Å². The van der Waals surface area contributed by atoms with E-state index in [1.165, 1.54) is 0 Å². The molecule has 0 spiro atoms. The maximum atomic E-state index is 11.0. The summed E-state index contributed by atoms with van der Waals surface area (Å²) in [5.41, 5.74) is 4.64. The van der Waals surface area contributed by atoms with Gasteiger partial charge in [0, 0.05) is 19.5 Å². The Morgan fingerprint density at radius 1 is 1.67 bits per heavy atom. The predicted molar refractivity (Wildman–Crippen MR) is 62.7 cm³/mol. The Morgan fingerprint density at radius 3 is 3.06 bits per heavy atom. The van der Waals surface area contributed by atoms with Crippen LogP contribution < -0.4 is 5.73 Å². The Kier molecular flexibility index (Phi) is 3.63. The van der Waals surface area contributed by atoms with Crippen LogP contribution in [-0.2, 0) is 17.8 Å². The number of aliphatic carboxylic acids is 1. The van der Waals surface area contributed by atoms with E-state index in [-0.39, 0.29) is 0 Å². The fourth-order valence-electron chi connectivity index (χ4n) is 2.10. The highest BCUT2D eigenvalue weighted by atomic mass is 16.5. The molecule has 0 radical (unpaired) electrons. The van der Waals surface area contributed by atoms with Gasteiger partial charge in [0.1, 0.15) is 5.54 Å². The summed E-state index contributed by atoms with van der Waals surface area (Å²) in [5.74, 6) is 0.263. The van der Waals surface area contributed by atoms with Gasteiger partial charge in [-0.2, -0.15) is 4.98 Å². The van der Waals surface area contributed by atoms with Crippen LogP contribution in [-0.4, -0.2) is 44.7 Å². The first-order chi connectivity index (χ1) is 8.53. The predicted octanol–water partition coefficient (Wildman–Crippen LogP) is 0.00990. The first kappa shape index (κ1) is 13.0. The van der Waals surface area contributed by atoms with Crippen LogP contribution in [0.3, 0.4) is 0 Å². The number of nitrogens with zero attached hydrogens (tertiary/aromatic N) is 3. The number of hydrogen-bond donors (Lipinski definition) is 2. The first-order valence-corrected chi connectivity index (χ1v) is 6.09. The summed E-state index contributed by atoms with van der Waals surface area (Å²) in [7, 11) is 0. The number of aromatic nitrogens is 2. The Labute approximate surface area is 105 Å². The molecule has 1 aromatic rings. The number of carboxylic acid groups (broad SMARTS) is 1. The minimum Gasteiger partial charge on any atom is -0.480 e. The monoisotopic (exact) mass is 254 g/mol. The Bertz CT molecular complexity index is 434. The molecule has 1 unspecified atom stereocenters. The van der Waals surface area contributed by atoms with Crippen molar-refractivity contribution in [2.24, 2.45) is 5.73 Å². The van der Waals surface area contributed by atoms with E-state index in [0.717, 1.165) is 12.8 Å². The van der Waals surface area contributed by atoms with Gasteiger partial charge in [-0.15, -0.1) is 0 Å². The summed E-state index contributed by atoms with van der Waals surface area (Å²) in [5, 5.41) is 12.9. The van der Waals surface area contributed by atoms with E-state index in [4.69, 9.17) is 15.4 Å². The lowest BCUT2D eigenvalue weighted by Crippen LogP contribution is -2.50. The fourth-order valence-corrected chi connectivity index (χ4v) is 2.10. The summed E-state index contributed by atoms with van der Waals surface area (Å²) >= 11 is 0. The molecule has 1 fully saturated rings. The molecular formula is C11H18N4O3. The molecule has 1 atom stereocenters. The van der Waals surface area contributed by atoms with Crippen molar-refractivity contribution in [3.05, 3.63) is 11.7 Å². The van der Waals surface area contributed by atoms with Gasteiger partial charge in [-0.1, -0.05) is 12.1 Å². The maximum absolute atomic E-state index is 11.0. The highest BCUT2D eigenvalue weighted by Gasteiger charge is 2.41. The second-order valence-electron chi connectivity index (χ2n) is 4.78. The molecule has 2 rings (SSSR count). The zero-order valence-corrected chi connectivity index (χ0v) is 10.4. The average Bonchev–Trinajstić information content (AvgIpc) is 2.88. The Balaban J connectivity index is 1.93. The summed E-state index contributed by atoms with van der Waals surface area (Å²) in [4.78, 5) is 17.2. The highest BCUT2D eigenvalue weighted by Crippen LogP contribution is 2.20. The van der Waals surface area contributed by atoms with E-state index >= 15 is 0 Å². The standard InChI is InChI=1S/C11H18N4O3/c1-2-3-8-13-9(18-14-8)6-15-5-4-11(12,7-15)10(16)17/h2-7,12H2,1H3,(H,16,17). The number of carboxylic acids is 1. The lowest BCUT2D eigenvalue weighted by molar-refractivity contribution is -0.142. The van der Waals surface area contributed by atoms with Gasteiger partial charge in [-0.05, 0) is 12.8 Å². The number of hydrogen-bond acceptors (Lipinski definition) is 6. The molecule has 2 heterocycles. The largest absolute Gasteiger partial charge is 0.480 e. The van der Waals surface area contributed by atoms with Crippen molar-refractivity contribution >= 4 is 5.97 Å². The number of likely N-dealkylation sites (tertiary alicyclic amines) is 1. The average molecular weight is 254 g/mol. The summed E-state index contributed by atoms with van der Waals surface area (Å²) in [6.07, 6.45) is 2.20. The molecular weight excluding hydrogens is 236 g/mol. The second kappa shape index (κ2) is 5.03. The Hall–Kier alpha value is -1.47. The zero-order valence-electron chi connectivity index (χ0n) is 10.4. The van der Waals surface area contributed by atoms with E-state index in [1.54, 1.807) is 0 Å². The van der Waals surface area contributed by atoms with E-state index in [9.17, 15) is 4.79 Å². The minimum atomic E-state index is -1.15. The van der Waals surface area contributed by atoms with Crippen LogP contribution in [0.2, 0.25) is 0 Å². The lowest BCUT2D eigenvalue weighted by Gasteiger charge is -2.18. The molecule has 0 aliphatic carbocycles. The van der Waals surface area contributed by atoms with Gasteiger partial charge >= 0.3 is 5.97 Å². The van der Waals surface area contributed by atoms with Crippen LogP contribution in [0, 0.1) is 0 Å². The molecule has 0 bridgehead atoms. The fraction of sp³-hybridized carbons (Fsp3) is 0.727. The third kappa shape index (κ3) is 2.68. The van der Waals surface area contributed by atoms with Gasteiger partial charge in [0.25, 0.3) is 0 Å². The van der Waals surface area contributed by atoms with E-state index in [2.05, 4.69) is 10.1 Å². The van der Waals surface area contributed by atoms with Crippen molar-refractivity contribution in [2.75, 3.05) is 13.1 Å². The van der Waals surface area contributed by atoms with Crippen molar-refractivity contribution in [1.82, 2.24) is 15.0 Å². The normalized spacial score (nSPS) is 24.6. The van der Waals surface area contributed by atoms with Gasteiger partial charge in [0.15, 0.2) is 5.82 Å². The molecule has 1 aliphatic rings. The number of nitrogens with two attached hydrogens (primary N) is 1. The summed E-state index contributed by atoms with van der Waals surface area (Å²) < 4.78 is 5.12. The number of aryl methyl sites for hydroxylation is 1. The van der Waals surface area contributed by atoms with Crippen LogP contribution in [0.4, 0.5) is 0 Å². The van der Waals surface area contributed by atoms with E-state index in [1.807, 2.05) is 11.8 Å². The van der Waals surface area contributed by atoms with Crippen molar-refractivity contribution in [2.45, 2.75) is 38.3 Å². The van der Waals surface area contributed by atoms with E-state index < -0.39 is 11.5 Å². The van der Waals surface area contributed by atoms with Crippen LogP contribution >= 0.6 is 0 Å². The molecule has 7 heteroatoms. The summed E-state index contributed by atoms with van der Waals surface area (Å²) in [6, 6.07) is 0. The van der Waals surface area contributed by atoms with Gasteiger partial charge in [-0.3, -0.25) is 9.69 Å². The van der Waals surface area contributed by atoms with Crippen LogP contribution in [0.5, 0.6) is 0 Å². The highest BCUT2D eigenvalue weighted by molar-refractivity contribution is 5.79. The molecule has 1 aliphatic heterocycles. The maximum Gasteiger partial charge on any atom is 0.325 e. The SMILES string of the molecule is CCCc1noc(CN2CCC(N)(C(=O)O)C2)n1. The third-order valence-electron chi connectivity index (χ3n) is 3.15. The van der Waals surface area contributed by atoms with Gasteiger partial charge in [0.05, 0.1) is 6.54 Å². The first-order valence-electron chi connectivity index (χ1n) is 6.09. The number of rotatable bonds is 5. The molecule has 0 saturated carbocycles. The molecule has 1 saturated heterocycles. The van der Waals surface area contributed by atoms with E-state index in [0.29, 0.717) is 37.8 Å². The molecule has 100 valence electrons. The quantitative estimate of drug-likeness (QED) is 0.762. The lowest BCUT2D eigenvalue weighted by atomic mass is 10.0. The topological polar surface area (TPSA) is 105 Å². The Morgan fingerprint density at radius 2 is 2.44 bits per heavy atom. The smallest absolute Gasteiger partial charge is 0.325 e. The molecule has 7 nitrogen and oxygen atoms in total. The van der Waals surface area contributed by atoms with Crippen LogP contribution in [0.1, 0.15) is 31.5 Å². The molecule has 3 N–H and O–H groups in total. The molecule has 0 amide bonds. The molecule has 1 aromatic heterocycles. The van der Waals surface area contributed by atoms with Crippen molar-refractivity contribution in [1.29, 1.82) is 0 Å². The van der Waals surface area contributed by atoms with Crippen molar-refractivity contribution in [3.63, 3.8) is 0 Å². The van der Waals surface area contributed by atoms with Gasteiger partial charge < -0.3 is 15.4 Å².